The number of hydrogen-bond acceptors (Lipinski definition) is 5. The lowest BCUT2D eigenvalue weighted by molar-refractivity contribution is -0.274. The Morgan fingerprint density at radius 1 is 1.18 bits per heavy atom. The van der Waals surface area contributed by atoms with Gasteiger partial charge in [-0.3, -0.25) is 4.90 Å². The van der Waals surface area contributed by atoms with Crippen LogP contribution in [0.25, 0.3) is 0 Å². The molecule has 0 saturated carbocycles. The molecule has 2 N–H and O–H groups in total. The van der Waals surface area contributed by atoms with Crippen LogP contribution in [-0.2, 0) is 0 Å². The molecule has 0 bridgehead atoms. The molecule has 28 heavy (non-hydrogen) atoms. The summed E-state index contributed by atoms with van der Waals surface area (Å²) in [5, 5.41) is 23.1. The molecule has 1 aliphatic heterocycles. The predicted octanol–water partition coefficient (Wildman–Crippen LogP) is 3.92. The Labute approximate surface area is 168 Å². The summed E-state index contributed by atoms with van der Waals surface area (Å²) in [7, 11) is 0. The first kappa shape index (κ1) is 20.5. The van der Waals surface area contributed by atoms with E-state index in [0.29, 0.717) is 34.3 Å². The third-order valence-electron chi connectivity index (χ3n) is 4.46. The van der Waals surface area contributed by atoms with Crippen LogP contribution in [0.3, 0.4) is 0 Å². The van der Waals surface area contributed by atoms with Gasteiger partial charge in [0.15, 0.2) is 0 Å². The minimum absolute atomic E-state index is 0.00171. The number of alkyl halides is 3. The van der Waals surface area contributed by atoms with E-state index in [2.05, 4.69) is 37.0 Å². The topological polar surface area (TPSA) is 68.5 Å². The second-order valence-corrected chi connectivity index (χ2v) is 7.17. The molecule has 1 saturated heterocycles. The number of nitrogens with zero attached hydrogens (tertiary/aromatic N) is 2. The van der Waals surface area contributed by atoms with E-state index >= 15 is 0 Å². The number of ether oxygens (including phenoxy) is 1. The van der Waals surface area contributed by atoms with Crippen molar-refractivity contribution >= 4 is 15.9 Å². The van der Waals surface area contributed by atoms with Crippen LogP contribution in [0.4, 0.5) is 13.2 Å². The van der Waals surface area contributed by atoms with Gasteiger partial charge in [0.05, 0.1) is 22.1 Å². The van der Waals surface area contributed by atoms with Gasteiger partial charge < -0.3 is 15.2 Å². The van der Waals surface area contributed by atoms with Crippen LogP contribution in [0, 0.1) is 11.3 Å². The molecule has 1 heterocycles. The minimum Gasteiger partial charge on any atom is -0.506 e. The highest BCUT2D eigenvalue weighted by molar-refractivity contribution is 9.10. The molecule has 9 heteroatoms. The molecular formula is C19H17BrF3N3O2. The maximum Gasteiger partial charge on any atom is 0.573 e. The Kier molecular flexibility index (Phi) is 6.13. The highest BCUT2D eigenvalue weighted by Crippen LogP contribution is 2.40. The fraction of sp³-hybridized carbons (Fsp3) is 0.316. The zero-order chi connectivity index (χ0) is 20.3. The van der Waals surface area contributed by atoms with Crippen molar-refractivity contribution in [3.8, 4) is 17.6 Å². The molecule has 2 aromatic rings. The number of phenolic OH excluding ortho intramolecular Hbond substituents is 1. The molecule has 1 aliphatic rings. The highest BCUT2D eigenvalue weighted by atomic mass is 79.9. The van der Waals surface area contributed by atoms with Gasteiger partial charge in [0.25, 0.3) is 0 Å². The number of nitriles is 1. The lowest BCUT2D eigenvalue weighted by Crippen LogP contribution is -2.45. The van der Waals surface area contributed by atoms with Crippen LogP contribution >= 0.6 is 15.9 Å². The number of benzene rings is 2. The third kappa shape index (κ3) is 4.76. The zero-order valence-corrected chi connectivity index (χ0v) is 16.2. The highest BCUT2D eigenvalue weighted by Gasteiger charge is 2.32. The van der Waals surface area contributed by atoms with Crippen molar-refractivity contribution in [1.29, 1.82) is 5.26 Å². The fourth-order valence-electron chi connectivity index (χ4n) is 3.27. The Bertz CT molecular complexity index is 876. The van der Waals surface area contributed by atoms with E-state index in [-0.39, 0.29) is 11.5 Å². The lowest BCUT2D eigenvalue weighted by Gasteiger charge is -2.36. The van der Waals surface area contributed by atoms with Crippen molar-refractivity contribution in [2.75, 3.05) is 26.2 Å². The van der Waals surface area contributed by atoms with Crippen molar-refractivity contribution in [2.24, 2.45) is 0 Å². The summed E-state index contributed by atoms with van der Waals surface area (Å²) in [5.74, 6) is -0.315. The summed E-state index contributed by atoms with van der Waals surface area (Å²) in [5.41, 5.74) is 1.57. The number of hydrogen-bond donors (Lipinski definition) is 2. The van der Waals surface area contributed by atoms with Crippen LogP contribution in [0.15, 0.2) is 40.9 Å². The first-order valence-corrected chi connectivity index (χ1v) is 9.31. The second-order valence-electron chi connectivity index (χ2n) is 6.31. The van der Waals surface area contributed by atoms with Crippen molar-refractivity contribution in [3.63, 3.8) is 0 Å². The van der Waals surface area contributed by atoms with Crippen LogP contribution in [0.2, 0.25) is 0 Å². The number of piperazine rings is 1. The molecule has 1 atom stereocenters. The van der Waals surface area contributed by atoms with E-state index in [1.165, 1.54) is 18.2 Å². The SMILES string of the molecule is N#Cc1cc(Br)c(O)c([C@H](c2ccc(OC(F)(F)F)cc2)N2CCNCC2)c1. The Morgan fingerprint density at radius 3 is 2.39 bits per heavy atom. The first-order chi connectivity index (χ1) is 13.3. The fourth-order valence-corrected chi connectivity index (χ4v) is 3.75. The van der Waals surface area contributed by atoms with E-state index in [9.17, 15) is 23.5 Å². The molecule has 3 rings (SSSR count). The maximum atomic E-state index is 12.4. The summed E-state index contributed by atoms with van der Waals surface area (Å²) in [6.45, 7) is 2.84. The quantitative estimate of drug-likeness (QED) is 0.731. The van der Waals surface area contributed by atoms with Crippen LogP contribution in [-0.4, -0.2) is 42.5 Å². The van der Waals surface area contributed by atoms with Gasteiger partial charge in [0.2, 0.25) is 0 Å². The Balaban J connectivity index is 2.04. The molecule has 2 aromatic carbocycles. The number of halogens is 4. The smallest absolute Gasteiger partial charge is 0.506 e. The summed E-state index contributed by atoms with van der Waals surface area (Å²) >= 11 is 3.27. The van der Waals surface area contributed by atoms with Gasteiger partial charge in [0, 0.05) is 31.7 Å². The van der Waals surface area contributed by atoms with Crippen molar-refractivity contribution < 1.29 is 23.0 Å². The minimum atomic E-state index is -4.76. The standard InChI is InChI=1S/C19H17BrF3N3O2/c20-16-10-12(11-24)9-15(18(16)27)17(26-7-5-25-6-8-26)13-1-3-14(4-2-13)28-19(21,22)23/h1-4,9-10,17,25,27H,5-8H2/t17-/m0/s1. The normalized spacial score (nSPS) is 16.4. The van der Waals surface area contributed by atoms with Crippen LogP contribution in [0.5, 0.6) is 11.5 Å². The molecule has 0 amide bonds. The molecule has 0 aliphatic carbocycles. The summed E-state index contributed by atoms with van der Waals surface area (Å²) in [6.07, 6.45) is -4.76. The van der Waals surface area contributed by atoms with Crippen molar-refractivity contribution in [1.82, 2.24) is 10.2 Å². The van der Waals surface area contributed by atoms with Gasteiger partial charge in [-0.15, -0.1) is 13.2 Å². The van der Waals surface area contributed by atoms with Gasteiger partial charge in [-0.2, -0.15) is 5.26 Å². The number of phenols is 1. The molecule has 0 unspecified atom stereocenters. The zero-order valence-electron chi connectivity index (χ0n) is 14.6. The first-order valence-electron chi connectivity index (χ1n) is 8.51. The van der Waals surface area contributed by atoms with Crippen LogP contribution < -0.4 is 10.1 Å². The molecular weight excluding hydrogens is 439 g/mol. The van der Waals surface area contributed by atoms with Crippen LogP contribution in [0.1, 0.15) is 22.7 Å². The van der Waals surface area contributed by atoms with E-state index in [0.717, 1.165) is 13.1 Å². The average Bonchev–Trinajstić information content (AvgIpc) is 2.66. The van der Waals surface area contributed by atoms with E-state index < -0.39 is 12.4 Å². The molecule has 148 valence electrons. The van der Waals surface area contributed by atoms with Gasteiger partial charge >= 0.3 is 6.36 Å². The summed E-state index contributed by atoms with van der Waals surface area (Å²) in [6, 6.07) is 10.3. The van der Waals surface area contributed by atoms with Gasteiger partial charge in [-0.25, -0.2) is 0 Å². The molecule has 0 spiro atoms. The molecule has 0 radical (unpaired) electrons. The van der Waals surface area contributed by atoms with Crippen molar-refractivity contribution in [3.05, 3.63) is 57.6 Å². The Hall–Kier alpha value is -2.28. The number of rotatable bonds is 4. The second kappa shape index (κ2) is 8.39. The van der Waals surface area contributed by atoms with E-state index in [4.69, 9.17) is 0 Å². The van der Waals surface area contributed by atoms with Gasteiger partial charge in [-0.1, -0.05) is 12.1 Å². The van der Waals surface area contributed by atoms with E-state index in [1.807, 2.05) is 0 Å². The average molecular weight is 456 g/mol. The van der Waals surface area contributed by atoms with Crippen molar-refractivity contribution in [2.45, 2.75) is 12.4 Å². The molecule has 1 fully saturated rings. The number of nitrogens with one attached hydrogen (secondary N) is 1. The third-order valence-corrected chi connectivity index (χ3v) is 5.07. The summed E-state index contributed by atoms with van der Waals surface area (Å²) < 4.78 is 41.6. The van der Waals surface area contributed by atoms with E-state index in [1.54, 1.807) is 18.2 Å². The summed E-state index contributed by atoms with van der Waals surface area (Å²) in [4.78, 5) is 2.11. The monoisotopic (exact) mass is 455 g/mol. The predicted molar refractivity (Wildman–Crippen MR) is 99.9 cm³/mol. The van der Waals surface area contributed by atoms with Gasteiger partial charge in [-0.05, 0) is 45.8 Å². The number of aromatic hydroxyl groups is 1. The largest absolute Gasteiger partial charge is 0.573 e. The molecule has 5 nitrogen and oxygen atoms in total. The van der Waals surface area contributed by atoms with Gasteiger partial charge in [0.1, 0.15) is 11.5 Å². The maximum absolute atomic E-state index is 12.4. The molecule has 0 aromatic heterocycles. The lowest BCUT2D eigenvalue weighted by atomic mass is 9.94. The Morgan fingerprint density at radius 2 is 1.82 bits per heavy atom.